The molecule has 0 aliphatic carbocycles. The molecule has 3 rings (SSSR count). The second kappa shape index (κ2) is 7.29. The van der Waals surface area contributed by atoms with Crippen molar-refractivity contribution in [1.82, 2.24) is 4.90 Å². The van der Waals surface area contributed by atoms with Crippen LogP contribution in [0.5, 0.6) is 0 Å². The molecule has 2 heterocycles. The molecular weight excluding hydrogens is 373 g/mol. The van der Waals surface area contributed by atoms with Gasteiger partial charge in [0.05, 0.1) is 5.92 Å². The summed E-state index contributed by atoms with van der Waals surface area (Å²) < 4.78 is 43.7. The predicted molar refractivity (Wildman–Crippen MR) is 98.1 cm³/mol. The Morgan fingerprint density at radius 2 is 1.71 bits per heavy atom. The second-order valence-corrected chi connectivity index (χ2v) is 8.45. The van der Waals surface area contributed by atoms with Gasteiger partial charge in [0.2, 0.25) is 5.91 Å². The molecule has 1 atom stereocenters. The van der Waals surface area contributed by atoms with Crippen LogP contribution in [0.4, 0.5) is 23.7 Å². The molecule has 2 aliphatic heterocycles. The first kappa shape index (κ1) is 20.5. The predicted octanol–water partition coefficient (Wildman–Crippen LogP) is 4.33. The van der Waals surface area contributed by atoms with Gasteiger partial charge < -0.3 is 14.5 Å². The lowest BCUT2D eigenvalue weighted by Gasteiger charge is -2.40. The molecule has 2 aliphatic rings. The smallest absolute Gasteiger partial charge is 0.410 e. The Bertz CT molecular complexity index is 735. The maximum Gasteiger partial charge on any atom is 0.410 e. The monoisotopic (exact) mass is 398 g/mol. The number of halogens is 3. The number of amides is 2. The van der Waals surface area contributed by atoms with Gasteiger partial charge in [-0.05, 0) is 44.9 Å². The van der Waals surface area contributed by atoms with Crippen molar-refractivity contribution in [3.05, 3.63) is 29.8 Å². The van der Waals surface area contributed by atoms with Crippen LogP contribution in [0.2, 0.25) is 0 Å². The lowest BCUT2D eigenvalue weighted by atomic mass is 9.91. The van der Waals surface area contributed by atoms with E-state index >= 15 is 0 Å². The molecule has 2 amide bonds. The third kappa shape index (κ3) is 4.59. The highest BCUT2D eigenvalue weighted by molar-refractivity contribution is 5.94. The van der Waals surface area contributed by atoms with E-state index in [2.05, 4.69) is 0 Å². The summed E-state index contributed by atoms with van der Waals surface area (Å²) in [7, 11) is 0. The normalized spacial score (nSPS) is 21.5. The van der Waals surface area contributed by atoms with Crippen molar-refractivity contribution >= 4 is 17.7 Å². The standard InChI is InChI=1S/C20H25F3N2O3/c1-19(2,3)28-18(27)24-11-14(12-24)13-4-6-16(7-5-13)25-9-8-15(10-17(25)26)20(21,22)23/h4-7,14-15H,8-12H2,1-3H3. The van der Waals surface area contributed by atoms with E-state index in [1.165, 1.54) is 4.90 Å². The van der Waals surface area contributed by atoms with Crippen LogP contribution in [-0.2, 0) is 9.53 Å². The van der Waals surface area contributed by atoms with E-state index in [1.807, 2.05) is 32.9 Å². The van der Waals surface area contributed by atoms with Crippen molar-refractivity contribution < 1.29 is 27.5 Å². The number of carbonyl (C=O) groups is 2. The number of piperidine rings is 1. The molecule has 0 aromatic heterocycles. The molecule has 0 bridgehead atoms. The Morgan fingerprint density at radius 3 is 2.21 bits per heavy atom. The van der Waals surface area contributed by atoms with Gasteiger partial charge in [-0.25, -0.2) is 4.79 Å². The molecule has 154 valence electrons. The van der Waals surface area contributed by atoms with Crippen molar-refractivity contribution in [2.75, 3.05) is 24.5 Å². The zero-order valence-electron chi connectivity index (χ0n) is 16.3. The number of alkyl halides is 3. The van der Waals surface area contributed by atoms with E-state index in [1.54, 1.807) is 17.0 Å². The van der Waals surface area contributed by atoms with Gasteiger partial charge in [-0.3, -0.25) is 4.79 Å². The van der Waals surface area contributed by atoms with E-state index in [-0.39, 0.29) is 25.0 Å². The van der Waals surface area contributed by atoms with E-state index in [4.69, 9.17) is 4.74 Å². The van der Waals surface area contributed by atoms with Crippen LogP contribution < -0.4 is 4.90 Å². The molecule has 8 heteroatoms. The summed E-state index contributed by atoms with van der Waals surface area (Å²) in [5.74, 6) is -1.86. The van der Waals surface area contributed by atoms with Crippen molar-refractivity contribution in [3.63, 3.8) is 0 Å². The van der Waals surface area contributed by atoms with Crippen molar-refractivity contribution in [2.24, 2.45) is 5.92 Å². The third-order valence-corrected chi connectivity index (χ3v) is 5.10. The molecule has 1 aromatic carbocycles. The summed E-state index contributed by atoms with van der Waals surface area (Å²) in [5.41, 5.74) is 1.11. The molecule has 0 spiro atoms. The number of benzene rings is 1. The van der Waals surface area contributed by atoms with Crippen molar-refractivity contribution in [1.29, 1.82) is 0 Å². The van der Waals surface area contributed by atoms with Gasteiger partial charge >= 0.3 is 12.3 Å². The summed E-state index contributed by atoms with van der Waals surface area (Å²) in [6, 6.07) is 7.26. The van der Waals surface area contributed by atoms with Crippen LogP contribution >= 0.6 is 0 Å². The third-order valence-electron chi connectivity index (χ3n) is 5.10. The number of ether oxygens (including phenoxy) is 1. The van der Waals surface area contributed by atoms with Crippen LogP contribution in [0.15, 0.2) is 24.3 Å². The summed E-state index contributed by atoms with van der Waals surface area (Å²) in [6.07, 6.45) is -5.24. The second-order valence-electron chi connectivity index (χ2n) is 8.45. The first-order chi connectivity index (χ1) is 12.9. The maximum absolute atomic E-state index is 12.8. The van der Waals surface area contributed by atoms with E-state index < -0.39 is 30.0 Å². The van der Waals surface area contributed by atoms with E-state index in [0.29, 0.717) is 18.8 Å². The largest absolute Gasteiger partial charge is 0.444 e. The van der Waals surface area contributed by atoms with Crippen LogP contribution in [0.1, 0.15) is 45.1 Å². The van der Waals surface area contributed by atoms with Gasteiger partial charge in [0, 0.05) is 37.7 Å². The first-order valence-electron chi connectivity index (χ1n) is 9.39. The highest BCUT2D eigenvalue weighted by atomic mass is 19.4. The Morgan fingerprint density at radius 1 is 1.11 bits per heavy atom. The molecule has 28 heavy (non-hydrogen) atoms. The van der Waals surface area contributed by atoms with Crippen LogP contribution in [0.25, 0.3) is 0 Å². The fourth-order valence-electron chi connectivity index (χ4n) is 3.48. The zero-order chi connectivity index (χ0) is 20.7. The fraction of sp³-hybridized carbons (Fsp3) is 0.600. The summed E-state index contributed by atoms with van der Waals surface area (Å²) in [4.78, 5) is 27.2. The number of likely N-dealkylation sites (tertiary alicyclic amines) is 1. The lowest BCUT2D eigenvalue weighted by Crippen LogP contribution is -2.50. The summed E-state index contributed by atoms with van der Waals surface area (Å²) >= 11 is 0. The summed E-state index contributed by atoms with van der Waals surface area (Å²) in [6.45, 7) is 6.64. The SMILES string of the molecule is CC(C)(C)OC(=O)N1CC(c2ccc(N3CCC(C(F)(F)F)CC3=O)cc2)C1. The maximum atomic E-state index is 12.8. The van der Waals surface area contributed by atoms with Gasteiger partial charge in [-0.2, -0.15) is 13.2 Å². The molecule has 5 nitrogen and oxygen atoms in total. The quantitative estimate of drug-likeness (QED) is 0.745. The Labute approximate surface area is 162 Å². The highest BCUT2D eigenvalue weighted by Crippen LogP contribution is 2.36. The fourth-order valence-corrected chi connectivity index (χ4v) is 3.48. The van der Waals surface area contributed by atoms with E-state index in [9.17, 15) is 22.8 Å². The average Bonchev–Trinajstić information content (AvgIpc) is 2.51. The van der Waals surface area contributed by atoms with Gasteiger partial charge in [0.25, 0.3) is 0 Å². The minimum Gasteiger partial charge on any atom is -0.444 e. The topological polar surface area (TPSA) is 49.9 Å². The van der Waals surface area contributed by atoms with Crippen molar-refractivity contribution in [2.45, 2.75) is 51.3 Å². The molecular formula is C20H25F3N2O3. The minimum atomic E-state index is -4.32. The molecule has 2 saturated heterocycles. The number of anilines is 1. The van der Waals surface area contributed by atoms with Gasteiger partial charge in [-0.15, -0.1) is 0 Å². The molecule has 2 fully saturated rings. The molecule has 1 unspecified atom stereocenters. The highest BCUT2D eigenvalue weighted by Gasteiger charge is 2.44. The number of hydrogen-bond donors (Lipinski definition) is 0. The van der Waals surface area contributed by atoms with Crippen LogP contribution in [0, 0.1) is 5.92 Å². The Hall–Kier alpha value is -2.25. The Balaban J connectivity index is 1.55. The van der Waals surface area contributed by atoms with Gasteiger partial charge in [0.15, 0.2) is 0 Å². The van der Waals surface area contributed by atoms with Crippen LogP contribution in [0.3, 0.4) is 0 Å². The lowest BCUT2D eigenvalue weighted by molar-refractivity contribution is -0.182. The van der Waals surface area contributed by atoms with Gasteiger partial charge in [0.1, 0.15) is 5.60 Å². The first-order valence-corrected chi connectivity index (χ1v) is 9.39. The Kier molecular flexibility index (Phi) is 5.34. The molecule has 0 radical (unpaired) electrons. The number of carbonyl (C=O) groups excluding carboxylic acids is 2. The average molecular weight is 398 g/mol. The molecule has 0 N–H and O–H groups in total. The summed E-state index contributed by atoms with van der Waals surface area (Å²) in [5, 5.41) is 0. The number of nitrogens with zero attached hydrogens (tertiary/aromatic N) is 2. The molecule has 1 aromatic rings. The van der Waals surface area contributed by atoms with E-state index in [0.717, 1.165) is 5.56 Å². The number of rotatable bonds is 2. The minimum absolute atomic E-state index is 0.0677. The number of hydrogen-bond acceptors (Lipinski definition) is 3. The van der Waals surface area contributed by atoms with Gasteiger partial charge in [-0.1, -0.05) is 12.1 Å². The van der Waals surface area contributed by atoms with Crippen molar-refractivity contribution in [3.8, 4) is 0 Å². The molecule has 0 saturated carbocycles. The zero-order valence-corrected chi connectivity index (χ0v) is 16.3. The van der Waals surface area contributed by atoms with Crippen LogP contribution in [-0.4, -0.2) is 48.3 Å².